The Morgan fingerprint density at radius 2 is 1.59 bits per heavy atom. The maximum atomic E-state index is 11.5. The Labute approximate surface area is 132 Å². The van der Waals surface area contributed by atoms with Crippen LogP contribution in [0.3, 0.4) is 0 Å². The van der Waals surface area contributed by atoms with Gasteiger partial charge in [0.15, 0.2) is 5.78 Å². The summed E-state index contributed by atoms with van der Waals surface area (Å²) < 4.78 is 0. The number of rotatable bonds is 3. The highest BCUT2D eigenvalue weighted by Gasteiger charge is 2.17. The lowest BCUT2D eigenvalue weighted by molar-refractivity contribution is 0.101. The molecular weight excluding hydrogens is 272 g/mol. The van der Waals surface area contributed by atoms with Crippen molar-refractivity contribution in [3.8, 4) is 0 Å². The molecule has 1 aromatic carbocycles. The lowest BCUT2D eigenvalue weighted by Crippen LogP contribution is -2.11. The van der Waals surface area contributed by atoms with Crippen LogP contribution in [-0.4, -0.2) is 16.5 Å². The molecule has 0 unspecified atom stereocenters. The van der Waals surface area contributed by atoms with Gasteiger partial charge in [-0.2, -0.15) is 0 Å². The van der Waals surface area contributed by atoms with E-state index >= 15 is 0 Å². The smallest absolute Gasteiger partial charge is 0.178 e. The number of para-hydroxylation sites is 1. The Bertz CT molecular complexity index is 724. The second-order valence-corrected chi connectivity index (χ2v) is 6.43. The van der Waals surface area contributed by atoms with Crippen molar-refractivity contribution in [2.24, 2.45) is 4.99 Å². The number of aromatic nitrogens is 1. The molecule has 0 bridgehead atoms. The number of Topliss-reactive ketones (excluding diaryl/α,β-unsaturated/α-hetero) is 1. The maximum Gasteiger partial charge on any atom is 0.178 e. The summed E-state index contributed by atoms with van der Waals surface area (Å²) >= 11 is 0. The Morgan fingerprint density at radius 3 is 2.23 bits per heavy atom. The Morgan fingerprint density at radius 1 is 0.955 bits per heavy atom. The molecule has 0 aliphatic rings. The number of nitrogens with zero attached hydrogens (tertiary/aromatic N) is 2. The number of hydrogen-bond acceptors (Lipinski definition) is 3. The van der Waals surface area contributed by atoms with E-state index < -0.39 is 0 Å². The first-order valence-electron chi connectivity index (χ1n) is 7.42. The van der Waals surface area contributed by atoms with E-state index in [0.717, 1.165) is 17.1 Å². The van der Waals surface area contributed by atoms with Crippen LogP contribution in [0.1, 0.15) is 56.4 Å². The summed E-state index contributed by atoms with van der Waals surface area (Å²) in [5.41, 5.74) is 4.17. The summed E-state index contributed by atoms with van der Waals surface area (Å²) in [6, 6.07) is 13.6. The number of carbonyl (C=O) groups excluding carboxylic acids is 1. The second kappa shape index (κ2) is 6.22. The number of carbonyl (C=O) groups is 1. The molecule has 0 N–H and O–H groups in total. The van der Waals surface area contributed by atoms with Crippen molar-refractivity contribution in [3.05, 3.63) is 59.4 Å². The first kappa shape index (κ1) is 16.1. The first-order valence-corrected chi connectivity index (χ1v) is 7.42. The molecule has 0 fully saturated rings. The van der Waals surface area contributed by atoms with Gasteiger partial charge >= 0.3 is 0 Å². The van der Waals surface area contributed by atoms with Crippen molar-refractivity contribution in [2.75, 3.05) is 0 Å². The quantitative estimate of drug-likeness (QED) is 0.607. The third kappa shape index (κ3) is 3.67. The van der Waals surface area contributed by atoms with E-state index in [1.165, 1.54) is 12.5 Å². The van der Waals surface area contributed by atoms with E-state index in [2.05, 4.69) is 31.8 Å². The van der Waals surface area contributed by atoms with Crippen LogP contribution in [-0.2, 0) is 5.41 Å². The molecule has 114 valence electrons. The van der Waals surface area contributed by atoms with Crippen LogP contribution in [0.2, 0.25) is 0 Å². The highest BCUT2D eigenvalue weighted by Crippen LogP contribution is 2.31. The van der Waals surface area contributed by atoms with Gasteiger partial charge in [0, 0.05) is 6.92 Å². The fraction of sp³-hybridized carbons (Fsp3) is 0.316. The average Bonchev–Trinajstić information content (AvgIpc) is 2.46. The van der Waals surface area contributed by atoms with Crippen LogP contribution < -0.4 is 0 Å². The van der Waals surface area contributed by atoms with Crippen LogP contribution in [0.5, 0.6) is 0 Å². The van der Waals surface area contributed by atoms with Gasteiger partial charge in [-0.1, -0.05) is 45.0 Å². The maximum absolute atomic E-state index is 11.5. The van der Waals surface area contributed by atoms with Crippen molar-refractivity contribution >= 4 is 17.2 Å². The zero-order chi connectivity index (χ0) is 16.3. The van der Waals surface area contributed by atoms with Gasteiger partial charge in [-0.25, -0.2) is 4.98 Å². The third-order valence-electron chi connectivity index (χ3n) is 3.48. The molecule has 0 aliphatic heterocycles. The summed E-state index contributed by atoms with van der Waals surface area (Å²) in [6.45, 7) is 9.96. The van der Waals surface area contributed by atoms with Gasteiger partial charge in [-0.05, 0) is 36.1 Å². The largest absolute Gasteiger partial charge is 0.293 e. The topological polar surface area (TPSA) is 42.3 Å². The summed E-state index contributed by atoms with van der Waals surface area (Å²) in [6.07, 6.45) is 0. The van der Waals surface area contributed by atoms with E-state index in [1.54, 1.807) is 6.07 Å². The number of pyridine rings is 1. The zero-order valence-electron chi connectivity index (χ0n) is 13.8. The van der Waals surface area contributed by atoms with Crippen molar-refractivity contribution < 1.29 is 4.79 Å². The lowest BCUT2D eigenvalue weighted by Gasteiger charge is -2.21. The Kier molecular flexibility index (Phi) is 4.55. The number of benzene rings is 1. The normalized spacial score (nSPS) is 12.3. The van der Waals surface area contributed by atoms with Crippen LogP contribution >= 0.6 is 0 Å². The van der Waals surface area contributed by atoms with E-state index in [0.29, 0.717) is 5.69 Å². The van der Waals surface area contributed by atoms with E-state index in [4.69, 9.17) is 4.99 Å². The van der Waals surface area contributed by atoms with Crippen LogP contribution in [0.15, 0.2) is 47.5 Å². The van der Waals surface area contributed by atoms with Crippen molar-refractivity contribution in [3.63, 3.8) is 0 Å². The summed E-state index contributed by atoms with van der Waals surface area (Å²) in [5.74, 6) is -0.0373. The SMILES string of the molecule is CC(=O)c1cccc(/C(C)=N/c2ccccc2C(C)(C)C)n1. The van der Waals surface area contributed by atoms with Gasteiger partial charge in [-0.3, -0.25) is 9.79 Å². The molecule has 3 nitrogen and oxygen atoms in total. The summed E-state index contributed by atoms with van der Waals surface area (Å²) in [5, 5.41) is 0. The van der Waals surface area contributed by atoms with Crippen LogP contribution in [0.4, 0.5) is 5.69 Å². The minimum Gasteiger partial charge on any atom is -0.293 e. The molecule has 3 heteroatoms. The second-order valence-electron chi connectivity index (χ2n) is 6.43. The van der Waals surface area contributed by atoms with Gasteiger partial charge in [0.2, 0.25) is 0 Å². The summed E-state index contributed by atoms with van der Waals surface area (Å²) in [4.78, 5) is 20.6. The minimum atomic E-state index is -0.0373. The fourth-order valence-corrected chi connectivity index (χ4v) is 2.28. The van der Waals surface area contributed by atoms with E-state index in [-0.39, 0.29) is 11.2 Å². The van der Waals surface area contributed by atoms with Crippen LogP contribution in [0, 0.1) is 0 Å². The number of aliphatic imine (C=N–C) groups is 1. The molecule has 0 radical (unpaired) electrons. The van der Waals surface area contributed by atoms with Gasteiger partial charge in [0.25, 0.3) is 0 Å². The third-order valence-corrected chi connectivity index (χ3v) is 3.48. The van der Waals surface area contributed by atoms with Gasteiger partial charge in [-0.15, -0.1) is 0 Å². The molecular formula is C19H22N2O. The highest BCUT2D eigenvalue weighted by atomic mass is 16.1. The monoisotopic (exact) mass is 294 g/mol. The van der Waals surface area contributed by atoms with Crippen LogP contribution in [0.25, 0.3) is 0 Å². The molecule has 0 atom stereocenters. The van der Waals surface area contributed by atoms with Crippen molar-refractivity contribution in [2.45, 2.75) is 40.0 Å². The standard InChI is InChI=1S/C19H22N2O/c1-13(16-11-8-12-17(21-16)14(2)22)20-18-10-7-6-9-15(18)19(3,4)5/h6-12H,1-5H3/b20-13+. The molecule has 0 saturated heterocycles. The van der Waals surface area contributed by atoms with E-state index in [1.807, 2.05) is 37.3 Å². The zero-order valence-corrected chi connectivity index (χ0v) is 13.8. The lowest BCUT2D eigenvalue weighted by atomic mass is 9.86. The molecule has 0 spiro atoms. The molecule has 1 aromatic heterocycles. The Hall–Kier alpha value is -2.29. The molecule has 0 amide bonds. The number of ketones is 1. The minimum absolute atomic E-state index is 0.0229. The molecule has 2 aromatic rings. The van der Waals surface area contributed by atoms with Gasteiger partial charge in [0.1, 0.15) is 5.69 Å². The summed E-state index contributed by atoms with van der Waals surface area (Å²) in [7, 11) is 0. The van der Waals surface area contributed by atoms with Crippen molar-refractivity contribution in [1.82, 2.24) is 4.98 Å². The molecule has 0 saturated carbocycles. The van der Waals surface area contributed by atoms with Gasteiger partial charge < -0.3 is 0 Å². The predicted molar refractivity (Wildman–Crippen MR) is 91.3 cm³/mol. The Balaban J connectivity index is 2.46. The first-order chi connectivity index (χ1) is 10.3. The average molecular weight is 294 g/mol. The molecule has 22 heavy (non-hydrogen) atoms. The van der Waals surface area contributed by atoms with Crippen molar-refractivity contribution in [1.29, 1.82) is 0 Å². The fourth-order valence-electron chi connectivity index (χ4n) is 2.28. The predicted octanol–water partition coefficient (Wildman–Crippen LogP) is 4.72. The van der Waals surface area contributed by atoms with Gasteiger partial charge in [0.05, 0.1) is 17.1 Å². The van der Waals surface area contributed by atoms with E-state index in [9.17, 15) is 4.79 Å². The molecule has 0 aliphatic carbocycles. The number of hydrogen-bond donors (Lipinski definition) is 0. The molecule has 1 heterocycles. The highest BCUT2D eigenvalue weighted by molar-refractivity contribution is 6.00. The molecule has 2 rings (SSSR count).